The molecular weight excluding hydrogens is 194 g/mol. The molecule has 2 nitrogen and oxygen atoms in total. The van der Waals surface area contributed by atoms with E-state index in [2.05, 4.69) is 11.6 Å². The maximum absolute atomic E-state index is 10.5. The van der Waals surface area contributed by atoms with Crippen molar-refractivity contribution < 1.29 is 4.79 Å². The highest BCUT2D eigenvalue weighted by atomic mass is 32.1. The molecule has 2 aromatic heterocycles. The standard InChI is InChI=1S/C11H9NOS/c1-8(11-3-2-6-14-11)10-5-4-9(7-13)12-10/h2-7,12H,1H2. The Kier molecular flexibility index (Phi) is 2.33. The third-order valence-electron chi connectivity index (χ3n) is 1.98. The number of carbonyl (C=O) groups is 1. The summed E-state index contributed by atoms with van der Waals surface area (Å²) in [4.78, 5) is 14.6. The molecule has 3 heteroatoms. The van der Waals surface area contributed by atoms with E-state index in [0.717, 1.165) is 22.4 Å². The molecule has 14 heavy (non-hydrogen) atoms. The number of aromatic nitrogens is 1. The first-order chi connectivity index (χ1) is 6.81. The van der Waals surface area contributed by atoms with E-state index in [4.69, 9.17) is 0 Å². The molecule has 2 aromatic rings. The fourth-order valence-electron chi connectivity index (χ4n) is 1.24. The minimum absolute atomic E-state index is 0.581. The predicted octanol–water partition coefficient (Wildman–Crippen LogP) is 2.95. The van der Waals surface area contributed by atoms with E-state index in [0.29, 0.717) is 5.69 Å². The van der Waals surface area contributed by atoms with Crippen LogP contribution in [0.2, 0.25) is 0 Å². The zero-order chi connectivity index (χ0) is 9.97. The number of aldehydes is 1. The second-order valence-corrected chi connectivity index (χ2v) is 3.85. The van der Waals surface area contributed by atoms with Crippen molar-refractivity contribution in [2.24, 2.45) is 0 Å². The Morgan fingerprint density at radius 3 is 2.86 bits per heavy atom. The molecule has 0 amide bonds. The quantitative estimate of drug-likeness (QED) is 0.764. The van der Waals surface area contributed by atoms with Gasteiger partial charge in [-0.1, -0.05) is 12.6 Å². The number of aromatic amines is 1. The van der Waals surface area contributed by atoms with Gasteiger partial charge in [-0.3, -0.25) is 4.79 Å². The van der Waals surface area contributed by atoms with Crippen molar-refractivity contribution in [2.75, 3.05) is 0 Å². The van der Waals surface area contributed by atoms with Crippen LogP contribution in [0.5, 0.6) is 0 Å². The lowest BCUT2D eigenvalue weighted by Crippen LogP contribution is -1.84. The second-order valence-electron chi connectivity index (χ2n) is 2.90. The summed E-state index contributed by atoms with van der Waals surface area (Å²) in [5.41, 5.74) is 2.40. The third-order valence-corrected chi connectivity index (χ3v) is 2.91. The van der Waals surface area contributed by atoms with Gasteiger partial charge in [0.1, 0.15) is 0 Å². The Labute approximate surface area is 85.9 Å². The van der Waals surface area contributed by atoms with E-state index in [1.807, 2.05) is 23.6 Å². The molecule has 0 aliphatic rings. The normalized spacial score (nSPS) is 10.0. The van der Waals surface area contributed by atoms with Crippen LogP contribution in [0.3, 0.4) is 0 Å². The lowest BCUT2D eigenvalue weighted by atomic mass is 10.2. The number of carbonyl (C=O) groups excluding carboxylic acids is 1. The summed E-state index contributed by atoms with van der Waals surface area (Å²) in [5, 5.41) is 2.00. The molecule has 2 heterocycles. The van der Waals surface area contributed by atoms with Crippen molar-refractivity contribution in [3.05, 3.63) is 52.5 Å². The maximum Gasteiger partial charge on any atom is 0.166 e. The van der Waals surface area contributed by atoms with Gasteiger partial charge in [-0.25, -0.2) is 0 Å². The summed E-state index contributed by atoms with van der Waals surface area (Å²) in [7, 11) is 0. The maximum atomic E-state index is 10.5. The minimum atomic E-state index is 0.581. The van der Waals surface area contributed by atoms with Crippen molar-refractivity contribution in [3.8, 4) is 0 Å². The van der Waals surface area contributed by atoms with Gasteiger partial charge in [0.25, 0.3) is 0 Å². The summed E-state index contributed by atoms with van der Waals surface area (Å²) in [6.07, 6.45) is 0.797. The second kappa shape index (κ2) is 3.64. The molecule has 0 fully saturated rings. The van der Waals surface area contributed by atoms with Gasteiger partial charge in [-0.15, -0.1) is 11.3 Å². The van der Waals surface area contributed by atoms with Gasteiger partial charge in [0, 0.05) is 16.1 Å². The smallest absolute Gasteiger partial charge is 0.166 e. The van der Waals surface area contributed by atoms with Crippen LogP contribution in [0.25, 0.3) is 5.57 Å². The minimum Gasteiger partial charge on any atom is -0.352 e. The van der Waals surface area contributed by atoms with Crippen LogP contribution < -0.4 is 0 Å². The third kappa shape index (κ3) is 1.54. The van der Waals surface area contributed by atoms with Crippen LogP contribution in [0, 0.1) is 0 Å². The van der Waals surface area contributed by atoms with Crippen molar-refractivity contribution in [2.45, 2.75) is 0 Å². The van der Waals surface area contributed by atoms with E-state index < -0.39 is 0 Å². The number of rotatable bonds is 3. The number of nitrogens with one attached hydrogen (secondary N) is 1. The fourth-order valence-corrected chi connectivity index (χ4v) is 1.95. The highest BCUT2D eigenvalue weighted by Gasteiger charge is 2.05. The zero-order valence-corrected chi connectivity index (χ0v) is 8.30. The van der Waals surface area contributed by atoms with Crippen LogP contribution >= 0.6 is 11.3 Å². The van der Waals surface area contributed by atoms with Gasteiger partial charge in [0.2, 0.25) is 0 Å². The van der Waals surface area contributed by atoms with Crippen molar-refractivity contribution in [1.29, 1.82) is 0 Å². The topological polar surface area (TPSA) is 32.9 Å². The lowest BCUT2D eigenvalue weighted by Gasteiger charge is -1.98. The summed E-state index contributed by atoms with van der Waals surface area (Å²) >= 11 is 1.63. The van der Waals surface area contributed by atoms with Crippen molar-refractivity contribution in [3.63, 3.8) is 0 Å². The molecular formula is C11H9NOS. The monoisotopic (exact) mass is 203 g/mol. The highest BCUT2D eigenvalue weighted by molar-refractivity contribution is 7.11. The molecule has 0 atom stereocenters. The first kappa shape index (κ1) is 8.97. The van der Waals surface area contributed by atoms with Gasteiger partial charge >= 0.3 is 0 Å². The largest absolute Gasteiger partial charge is 0.352 e. The SMILES string of the molecule is C=C(c1ccc(C=O)[nH]1)c1cccs1. The zero-order valence-electron chi connectivity index (χ0n) is 7.49. The van der Waals surface area contributed by atoms with E-state index in [1.54, 1.807) is 17.4 Å². The molecule has 0 radical (unpaired) electrons. The first-order valence-corrected chi connectivity index (χ1v) is 5.06. The molecule has 70 valence electrons. The van der Waals surface area contributed by atoms with Crippen LogP contribution in [0.1, 0.15) is 21.1 Å². The molecule has 0 spiro atoms. The molecule has 0 bridgehead atoms. The number of H-pyrrole nitrogens is 1. The molecule has 1 N–H and O–H groups in total. The summed E-state index contributed by atoms with van der Waals surface area (Å²) < 4.78 is 0. The molecule has 0 aromatic carbocycles. The van der Waals surface area contributed by atoms with Crippen molar-refractivity contribution in [1.82, 2.24) is 4.98 Å². The average Bonchev–Trinajstić information content (AvgIpc) is 2.88. The molecule has 0 aliphatic carbocycles. The summed E-state index contributed by atoms with van der Waals surface area (Å²) in [6, 6.07) is 7.61. The highest BCUT2D eigenvalue weighted by Crippen LogP contribution is 2.24. The number of thiophene rings is 1. The van der Waals surface area contributed by atoms with Crippen LogP contribution in [0.15, 0.2) is 36.2 Å². The van der Waals surface area contributed by atoms with Gasteiger partial charge in [0.15, 0.2) is 6.29 Å². The Hall–Kier alpha value is -1.61. The Balaban J connectivity index is 2.32. The van der Waals surface area contributed by atoms with E-state index in [-0.39, 0.29) is 0 Å². The lowest BCUT2D eigenvalue weighted by molar-refractivity contribution is 0.111. The van der Waals surface area contributed by atoms with Gasteiger partial charge in [-0.05, 0) is 23.6 Å². The summed E-state index contributed by atoms with van der Waals surface area (Å²) in [5.74, 6) is 0. The number of hydrogen-bond acceptors (Lipinski definition) is 2. The van der Waals surface area contributed by atoms with E-state index in [1.165, 1.54) is 0 Å². The molecule has 0 aliphatic heterocycles. The molecule has 2 rings (SSSR count). The predicted molar refractivity (Wildman–Crippen MR) is 58.6 cm³/mol. The summed E-state index contributed by atoms with van der Waals surface area (Å²) in [6.45, 7) is 3.98. The Morgan fingerprint density at radius 1 is 1.43 bits per heavy atom. The van der Waals surface area contributed by atoms with Gasteiger partial charge in [-0.2, -0.15) is 0 Å². The van der Waals surface area contributed by atoms with E-state index >= 15 is 0 Å². The van der Waals surface area contributed by atoms with Crippen LogP contribution in [-0.4, -0.2) is 11.3 Å². The Bertz CT molecular complexity index is 453. The molecule has 0 saturated heterocycles. The molecule has 0 saturated carbocycles. The average molecular weight is 203 g/mol. The number of hydrogen-bond donors (Lipinski definition) is 1. The van der Waals surface area contributed by atoms with Crippen LogP contribution in [-0.2, 0) is 0 Å². The van der Waals surface area contributed by atoms with Gasteiger partial charge < -0.3 is 4.98 Å². The van der Waals surface area contributed by atoms with E-state index in [9.17, 15) is 4.79 Å². The van der Waals surface area contributed by atoms with Gasteiger partial charge in [0.05, 0.1) is 5.69 Å². The Morgan fingerprint density at radius 2 is 2.29 bits per heavy atom. The fraction of sp³-hybridized carbons (Fsp3) is 0. The van der Waals surface area contributed by atoms with Crippen molar-refractivity contribution >= 4 is 23.2 Å². The first-order valence-electron chi connectivity index (χ1n) is 4.18. The van der Waals surface area contributed by atoms with Crippen LogP contribution in [0.4, 0.5) is 0 Å². The molecule has 0 unspecified atom stereocenters.